The number of amides is 1. The van der Waals surface area contributed by atoms with E-state index in [1.807, 2.05) is 47.8 Å². The van der Waals surface area contributed by atoms with Crippen molar-refractivity contribution in [2.45, 2.75) is 26.4 Å². The number of aromatic nitrogens is 3. The molecule has 2 aromatic rings. The SMILES string of the molecule is Cc1cc(CN(Cc2ccccn2)C(=O)[C@H]2CCOC2)n(C)n1. The molecule has 6 heteroatoms. The van der Waals surface area contributed by atoms with Crippen LogP contribution in [-0.2, 0) is 29.7 Å². The molecule has 0 aliphatic carbocycles. The molecule has 1 fully saturated rings. The van der Waals surface area contributed by atoms with Gasteiger partial charge in [-0.1, -0.05) is 6.07 Å². The molecule has 0 spiro atoms. The van der Waals surface area contributed by atoms with Gasteiger partial charge in [0.25, 0.3) is 0 Å². The van der Waals surface area contributed by atoms with Crippen molar-refractivity contribution < 1.29 is 9.53 Å². The van der Waals surface area contributed by atoms with E-state index in [2.05, 4.69) is 10.1 Å². The van der Waals surface area contributed by atoms with Gasteiger partial charge in [-0.15, -0.1) is 0 Å². The molecule has 0 bridgehead atoms. The molecule has 23 heavy (non-hydrogen) atoms. The molecule has 122 valence electrons. The van der Waals surface area contributed by atoms with E-state index in [-0.39, 0.29) is 11.8 Å². The molecule has 0 aromatic carbocycles. The first-order valence-electron chi connectivity index (χ1n) is 7.89. The summed E-state index contributed by atoms with van der Waals surface area (Å²) in [6.45, 7) is 4.17. The molecule has 1 amide bonds. The number of nitrogens with zero attached hydrogens (tertiary/aromatic N) is 4. The number of carbonyl (C=O) groups excluding carboxylic acids is 1. The third-order valence-electron chi connectivity index (χ3n) is 4.12. The molecule has 6 nitrogen and oxygen atoms in total. The minimum absolute atomic E-state index is 0.0481. The van der Waals surface area contributed by atoms with Crippen molar-refractivity contribution in [3.8, 4) is 0 Å². The first-order valence-corrected chi connectivity index (χ1v) is 7.89. The minimum Gasteiger partial charge on any atom is -0.381 e. The number of rotatable bonds is 5. The zero-order valence-electron chi connectivity index (χ0n) is 13.6. The Hall–Kier alpha value is -2.21. The van der Waals surface area contributed by atoms with E-state index in [1.54, 1.807) is 6.20 Å². The fourth-order valence-corrected chi connectivity index (χ4v) is 2.89. The van der Waals surface area contributed by atoms with Crippen molar-refractivity contribution in [3.05, 3.63) is 47.5 Å². The lowest BCUT2D eigenvalue weighted by Gasteiger charge is -2.25. The monoisotopic (exact) mass is 314 g/mol. The summed E-state index contributed by atoms with van der Waals surface area (Å²) in [6.07, 6.45) is 2.55. The highest BCUT2D eigenvalue weighted by molar-refractivity contribution is 5.79. The number of ether oxygens (including phenoxy) is 1. The average Bonchev–Trinajstić information content (AvgIpc) is 3.17. The quantitative estimate of drug-likeness (QED) is 0.842. The molecule has 0 radical (unpaired) electrons. The van der Waals surface area contributed by atoms with Gasteiger partial charge in [0, 0.05) is 19.9 Å². The van der Waals surface area contributed by atoms with Crippen LogP contribution in [0.25, 0.3) is 0 Å². The largest absolute Gasteiger partial charge is 0.381 e. The zero-order valence-corrected chi connectivity index (χ0v) is 13.6. The fourth-order valence-electron chi connectivity index (χ4n) is 2.89. The summed E-state index contributed by atoms with van der Waals surface area (Å²) in [5.41, 5.74) is 2.86. The van der Waals surface area contributed by atoms with E-state index in [1.165, 1.54) is 0 Å². The van der Waals surface area contributed by atoms with Crippen LogP contribution in [0.3, 0.4) is 0 Å². The average molecular weight is 314 g/mol. The topological polar surface area (TPSA) is 60.3 Å². The molecule has 0 unspecified atom stereocenters. The summed E-state index contributed by atoms with van der Waals surface area (Å²) in [6, 6.07) is 7.78. The molecule has 1 aliphatic rings. The first kappa shape index (κ1) is 15.7. The number of aryl methyl sites for hydroxylation is 2. The highest BCUT2D eigenvalue weighted by Crippen LogP contribution is 2.19. The smallest absolute Gasteiger partial charge is 0.228 e. The van der Waals surface area contributed by atoms with Crippen molar-refractivity contribution in [1.29, 1.82) is 0 Å². The van der Waals surface area contributed by atoms with Crippen LogP contribution in [0.2, 0.25) is 0 Å². The number of hydrogen-bond acceptors (Lipinski definition) is 4. The van der Waals surface area contributed by atoms with E-state index in [4.69, 9.17) is 4.74 Å². The number of pyridine rings is 1. The summed E-state index contributed by atoms with van der Waals surface area (Å²) in [5.74, 6) is 0.0834. The molecule has 0 saturated carbocycles. The maximum atomic E-state index is 12.9. The maximum absolute atomic E-state index is 12.9. The van der Waals surface area contributed by atoms with Gasteiger partial charge in [0.05, 0.1) is 42.7 Å². The minimum atomic E-state index is -0.0481. The van der Waals surface area contributed by atoms with E-state index >= 15 is 0 Å². The molecule has 1 aliphatic heterocycles. The lowest BCUT2D eigenvalue weighted by molar-refractivity contribution is -0.137. The highest BCUT2D eigenvalue weighted by Gasteiger charge is 2.28. The maximum Gasteiger partial charge on any atom is 0.228 e. The van der Waals surface area contributed by atoms with Gasteiger partial charge in [-0.25, -0.2) is 0 Å². The Morgan fingerprint density at radius 1 is 1.43 bits per heavy atom. The van der Waals surface area contributed by atoms with E-state index in [0.717, 1.165) is 23.5 Å². The van der Waals surface area contributed by atoms with Gasteiger partial charge in [-0.2, -0.15) is 5.10 Å². The van der Waals surface area contributed by atoms with Crippen LogP contribution >= 0.6 is 0 Å². The second-order valence-electron chi connectivity index (χ2n) is 5.98. The van der Waals surface area contributed by atoms with Crippen LogP contribution < -0.4 is 0 Å². The van der Waals surface area contributed by atoms with Crippen molar-refractivity contribution in [2.24, 2.45) is 13.0 Å². The van der Waals surface area contributed by atoms with Crippen LogP contribution in [0.5, 0.6) is 0 Å². The van der Waals surface area contributed by atoms with Crippen LogP contribution in [0.1, 0.15) is 23.5 Å². The summed E-state index contributed by atoms with van der Waals surface area (Å²) in [4.78, 5) is 19.1. The molecule has 3 heterocycles. The molecule has 0 N–H and O–H groups in total. The van der Waals surface area contributed by atoms with Gasteiger partial charge in [-0.3, -0.25) is 14.5 Å². The van der Waals surface area contributed by atoms with Crippen LogP contribution in [0.15, 0.2) is 30.5 Å². The van der Waals surface area contributed by atoms with Crippen LogP contribution in [-0.4, -0.2) is 38.8 Å². The standard InChI is InChI=1S/C17H22N4O2/c1-13-9-16(20(2)19-13)11-21(10-15-5-3-4-7-18-15)17(22)14-6-8-23-12-14/h3-5,7,9,14H,6,8,10-12H2,1-2H3/t14-/m0/s1. The molecule has 1 saturated heterocycles. The van der Waals surface area contributed by atoms with Crippen molar-refractivity contribution >= 4 is 5.91 Å². The molecule has 2 aromatic heterocycles. The summed E-state index contributed by atoms with van der Waals surface area (Å²) in [5, 5.41) is 4.37. The van der Waals surface area contributed by atoms with Crippen molar-refractivity contribution in [3.63, 3.8) is 0 Å². The molecular weight excluding hydrogens is 292 g/mol. The van der Waals surface area contributed by atoms with Gasteiger partial charge in [0.2, 0.25) is 5.91 Å². The predicted molar refractivity (Wildman–Crippen MR) is 85.4 cm³/mol. The Morgan fingerprint density at radius 2 is 2.30 bits per heavy atom. The predicted octanol–water partition coefficient (Wildman–Crippen LogP) is 1.69. The first-order chi connectivity index (χ1) is 11.1. The molecular formula is C17H22N4O2. The second-order valence-corrected chi connectivity index (χ2v) is 5.98. The third kappa shape index (κ3) is 3.76. The van der Waals surface area contributed by atoms with Gasteiger partial charge in [0.15, 0.2) is 0 Å². The number of carbonyl (C=O) groups is 1. The fraction of sp³-hybridized carbons (Fsp3) is 0.471. The molecule has 3 rings (SSSR count). The Balaban J connectivity index is 1.80. The Bertz CT molecular complexity index is 662. The van der Waals surface area contributed by atoms with Gasteiger partial charge in [0.1, 0.15) is 0 Å². The van der Waals surface area contributed by atoms with Gasteiger partial charge >= 0.3 is 0 Å². The van der Waals surface area contributed by atoms with E-state index < -0.39 is 0 Å². The zero-order chi connectivity index (χ0) is 16.2. The summed E-state index contributed by atoms with van der Waals surface area (Å²) < 4.78 is 7.21. The summed E-state index contributed by atoms with van der Waals surface area (Å²) in [7, 11) is 1.91. The Kier molecular flexibility index (Phi) is 4.71. The lowest BCUT2D eigenvalue weighted by Crippen LogP contribution is -2.36. The van der Waals surface area contributed by atoms with Gasteiger partial charge < -0.3 is 9.64 Å². The Labute approximate surface area is 136 Å². The van der Waals surface area contributed by atoms with E-state index in [0.29, 0.717) is 26.3 Å². The van der Waals surface area contributed by atoms with Crippen molar-refractivity contribution in [1.82, 2.24) is 19.7 Å². The lowest BCUT2D eigenvalue weighted by atomic mass is 10.1. The van der Waals surface area contributed by atoms with E-state index in [9.17, 15) is 4.79 Å². The number of hydrogen-bond donors (Lipinski definition) is 0. The Morgan fingerprint density at radius 3 is 2.91 bits per heavy atom. The third-order valence-corrected chi connectivity index (χ3v) is 4.12. The second kappa shape index (κ2) is 6.91. The van der Waals surface area contributed by atoms with Gasteiger partial charge in [-0.05, 0) is 31.5 Å². The normalized spacial score (nSPS) is 17.4. The highest BCUT2D eigenvalue weighted by atomic mass is 16.5. The molecule has 1 atom stereocenters. The van der Waals surface area contributed by atoms with Crippen LogP contribution in [0.4, 0.5) is 0 Å². The van der Waals surface area contributed by atoms with Crippen LogP contribution in [0, 0.1) is 12.8 Å². The van der Waals surface area contributed by atoms with Crippen molar-refractivity contribution in [2.75, 3.05) is 13.2 Å². The summed E-state index contributed by atoms with van der Waals surface area (Å²) >= 11 is 0.